The van der Waals surface area contributed by atoms with E-state index in [1.807, 2.05) is 6.07 Å². The van der Waals surface area contributed by atoms with Crippen LogP contribution in [0.15, 0.2) is 24.4 Å². The van der Waals surface area contributed by atoms with E-state index in [4.69, 9.17) is 0 Å². The number of nitrogens with one attached hydrogen (secondary N) is 1. The molecular formula is C15H21N3O3S. The third-order valence-electron chi connectivity index (χ3n) is 4.35. The summed E-state index contributed by atoms with van der Waals surface area (Å²) in [6, 6.07) is 5.40. The van der Waals surface area contributed by atoms with Crippen LogP contribution in [0.3, 0.4) is 0 Å². The molecule has 0 unspecified atom stereocenters. The monoisotopic (exact) mass is 323 g/mol. The summed E-state index contributed by atoms with van der Waals surface area (Å²) in [5.41, 5.74) is 0.694. The van der Waals surface area contributed by atoms with Crippen LogP contribution >= 0.6 is 0 Å². The lowest BCUT2D eigenvalue weighted by atomic mass is 10.0. The first-order valence-corrected chi connectivity index (χ1v) is 9.26. The van der Waals surface area contributed by atoms with Crippen molar-refractivity contribution in [3.63, 3.8) is 0 Å². The van der Waals surface area contributed by atoms with Crippen molar-refractivity contribution < 1.29 is 13.2 Å². The molecule has 7 heteroatoms. The van der Waals surface area contributed by atoms with Crippen LogP contribution in [-0.2, 0) is 21.4 Å². The van der Waals surface area contributed by atoms with E-state index in [9.17, 15) is 13.2 Å². The molecule has 2 atom stereocenters. The van der Waals surface area contributed by atoms with Crippen LogP contribution < -0.4 is 4.72 Å². The van der Waals surface area contributed by atoms with Gasteiger partial charge in [-0.25, -0.2) is 13.1 Å². The van der Waals surface area contributed by atoms with Gasteiger partial charge in [0, 0.05) is 31.1 Å². The predicted octanol–water partition coefficient (Wildman–Crippen LogP) is 0.615. The molecule has 1 aromatic heterocycles. The highest BCUT2D eigenvalue weighted by Gasteiger charge is 2.45. The number of aromatic nitrogens is 1. The van der Waals surface area contributed by atoms with Gasteiger partial charge in [-0.1, -0.05) is 13.0 Å². The van der Waals surface area contributed by atoms with Crippen molar-refractivity contribution in [1.82, 2.24) is 14.6 Å². The number of likely N-dealkylation sites (tertiary alicyclic amines) is 1. The van der Waals surface area contributed by atoms with E-state index in [0.717, 1.165) is 6.42 Å². The van der Waals surface area contributed by atoms with E-state index in [0.29, 0.717) is 24.7 Å². The number of pyridine rings is 1. The Morgan fingerprint density at radius 1 is 1.41 bits per heavy atom. The van der Waals surface area contributed by atoms with Crippen LogP contribution in [0.2, 0.25) is 0 Å². The van der Waals surface area contributed by atoms with Crippen molar-refractivity contribution in [3.05, 3.63) is 30.1 Å². The SMILES string of the molecule is C[C@@H]1C[C@@H]1C(=O)N1CC(CS(=O)(=O)NCc2ccccn2)C1. The van der Waals surface area contributed by atoms with E-state index in [-0.39, 0.29) is 30.0 Å². The summed E-state index contributed by atoms with van der Waals surface area (Å²) in [6.07, 6.45) is 2.61. The predicted molar refractivity (Wildman–Crippen MR) is 82.2 cm³/mol. The fourth-order valence-electron chi connectivity index (χ4n) is 2.81. The minimum absolute atomic E-state index is 0.0410. The summed E-state index contributed by atoms with van der Waals surface area (Å²) in [5.74, 6) is 0.987. The fraction of sp³-hybridized carbons (Fsp3) is 0.600. The Bertz CT molecular complexity index is 641. The van der Waals surface area contributed by atoms with Gasteiger partial charge in [0.05, 0.1) is 18.0 Å². The molecular weight excluding hydrogens is 302 g/mol. The van der Waals surface area contributed by atoms with Crippen LogP contribution in [0.4, 0.5) is 0 Å². The Hall–Kier alpha value is -1.47. The molecule has 1 N–H and O–H groups in total. The molecule has 2 heterocycles. The topological polar surface area (TPSA) is 79.4 Å². The molecule has 1 aliphatic heterocycles. The number of carbonyl (C=O) groups is 1. The minimum Gasteiger partial charge on any atom is -0.342 e. The van der Waals surface area contributed by atoms with E-state index < -0.39 is 10.0 Å². The highest BCUT2D eigenvalue weighted by molar-refractivity contribution is 7.89. The number of nitrogens with zero attached hydrogens (tertiary/aromatic N) is 2. The quantitative estimate of drug-likeness (QED) is 0.832. The molecule has 22 heavy (non-hydrogen) atoms. The Morgan fingerprint density at radius 2 is 2.14 bits per heavy atom. The molecule has 0 spiro atoms. The molecule has 1 saturated carbocycles. The van der Waals surface area contributed by atoms with Gasteiger partial charge in [0.25, 0.3) is 0 Å². The first-order valence-electron chi connectivity index (χ1n) is 7.60. The Morgan fingerprint density at radius 3 is 2.73 bits per heavy atom. The Balaban J connectivity index is 1.42. The normalized spacial score (nSPS) is 24.9. The minimum atomic E-state index is -3.33. The molecule has 6 nitrogen and oxygen atoms in total. The molecule has 0 radical (unpaired) electrons. The maximum Gasteiger partial charge on any atom is 0.225 e. The van der Waals surface area contributed by atoms with Crippen molar-refractivity contribution in [2.75, 3.05) is 18.8 Å². The Labute approximate surface area is 131 Å². The summed E-state index contributed by atoms with van der Waals surface area (Å²) in [6.45, 7) is 3.41. The molecule has 120 valence electrons. The molecule has 0 aromatic carbocycles. The highest BCUT2D eigenvalue weighted by Crippen LogP contribution is 2.40. The van der Waals surface area contributed by atoms with Crippen LogP contribution in [0, 0.1) is 17.8 Å². The maximum atomic E-state index is 12.0. The molecule has 3 rings (SSSR count). The van der Waals surface area contributed by atoms with Gasteiger partial charge < -0.3 is 4.90 Å². The highest BCUT2D eigenvalue weighted by atomic mass is 32.2. The number of amides is 1. The van der Waals surface area contributed by atoms with Gasteiger partial charge in [-0.05, 0) is 24.5 Å². The zero-order chi connectivity index (χ0) is 15.7. The van der Waals surface area contributed by atoms with Crippen LogP contribution in [0.1, 0.15) is 19.0 Å². The smallest absolute Gasteiger partial charge is 0.225 e. The van der Waals surface area contributed by atoms with Crippen LogP contribution in [-0.4, -0.2) is 43.1 Å². The zero-order valence-electron chi connectivity index (χ0n) is 12.6. The first-order chi connectivity index (χ1) is 10.4. The van der Waals surface area contributed by atoms with Crippen molar-refractivity contribution in [2.45, 2.75) is 19.9 Å². The lowest BCUT2D eigenvalue weighted by molar-refractivity contribution is -0.138. The largest absolute Gasteiger partial charge is 0.342 e. The standard InChI is InChI=1S/C15H21N3O3S/c1-11-6-14(11)15(19)18-8-12(9-18)10-22(20,21)17-7-13-4-2-3-5-16-13/h2-5,11-12,14,17H,6-10H2,1H3/t11-,14+/m1/s1. The van der Waals surface area contributed by atoms with E-state index >= 15 is 0 Å². The molecule has 0 bridgehead atoms. The van der Waals surface area contributed by atoms with Crippen molar-refractivity contribution in [3.8, 4) is 0 Å². The maximum absolute atomic E-state index is 12.0. The second-order valence-electron chi connectivity index (χ2n) is 6.35. The fourth-order valence-corrected chi connectivity index (χ4v) is 4.13. The number of hydrogen-bond acceptors (Lipinski definition) is 4. The summed E-state index contributed by atoms with van der Waals surface area (Å²) < 4.78 is 26.6. The second-order valence-corrected chi connectivity index (χ2v) is 8.20. The molecule has 1 aliphatic carbocycles. The van der Waals surface area contributed by atoms with E-state index in [1.54, 1.807) is 23.2 Å². The molecule has 2 aliphatic rings. The second kappa shape index (κ2) is 5.96. The van der Waals surface area contributed by atoms with Gasteiger partial charge in [-0.2, -0.15) is 0 Å². The number of rotatable bonds is 6. The van der Waals surface area contributed by atoms with Crippen LogP contribution in [0.25, 0.3) is 0 Å². The third kappa shape index (κ3) is 3.64. The van der Waals surface area contributed by atoms with Gasteiger partial charge >= 0.3 is 0 Å². The molecule has 1 amide bonds. The lowest BCUT2D eigenvalue weighted by Crippen LogP contribution is -2.53. The summed E-state index contributed by atoms with van der Waals surface area (Å²) in [7, 11) is -3.33. The first kappa shape index (κ1) is 15.4. The number of carbonyl (C=O) groups excluding carboxylic acids is 1. The van der Waals surface area contributed by atoms with E-state index in [1.165, 1.54) is 0 Å². The van der Waals surface area contributed by atoms with Gasteiger partial charge in [0.2, 0.25) is 15.9 Å². The molecule has 1 saturated heterocycles. The summed E-state index contributed by atoms with van der Waals surface area (Å²) in [5, 5.41) is 0. The summed E-state index contributed by atoms with van der Waals surface area (Å²) >= 11 is 0. The van der Waals surface area contributed by atoms with Crippen LogP contribution in [0.5, 0.6) is 0 Å². The van der Waals surface area contributed by atoms with Gasteiger partial charge in [-0.3, -0.25) is 9.78 Å². The van der Waals surface area contributed by atoms with Crippen molar-refractivity contribution in [1.29, 1.82) is 0 Å². The van der Waals surface area contributed by atoms with E-state index in [2.05, 4.69) is 16.6 Å². The third-order valence-corrected chi connectivity index (χ3v) is 5.84. The zero-order valence-corrected chi connectivity index (χ0v) is 13.4. The Kier molecular flexibility index (Phi) is 4.18. The van der Waals surface area contributed by atoms with Crippen molar-refractivity contribution in [2.24, 2.45) is 17.8 Å². The number of sulfonamides is 1. The number of hydrogen-bond donors (Lipinski definition) is 1. The van der Waals surface area contributed by atoms with Crippen molar-refractivity contribution >= 4 is 15.9 Å². The van der Waals surface area contributed by atoms with Gasteiger partial charge in [-0.15, -0.1) is 0 Å². The van der Waals surface area contributed by atoms with Gasteiger partial charge in [0.15, 0.2) is 0 Å². The average Bonchev–Trinajstić information content (AvgIpc) is 3.18. The average molecular weight is 323 g/mol. The molecule has 1 aromatic rings. The lowest BCUT2D eigenvalue weighted by Gasteiger charge is -2.39. The summed E-state index contributed by atoms with van der Waals surface area (Å²) in [4.78, 5) is 17.8. The van der Waals surface area contributed by atoms with Gasteiger partial charge in [0.1, 0.15) is 0 Å². The molecule has 2 fully saturated rings.